The predicted octanol–water partition coefficient (Wildman–Crippen LogP) is -4.56. The van der Waals surface area contributed by atoms with Crippen molar-refractivity contribution in [3.8, 4) is 0 Å². The zero-order valence-electron chi connectivity index (χ0n) is 16.2. The first-order valence-corrected chi connectivity index (χ1v) is 9.10. The molecular formula is C16H29N5O9. The van der Waals surface area contributed by atoms with Gasteiger partial charge < -0.3 is 47.8 Å². The van der Waals surface area contributed by atoms with E-state index in [1.165, 1.54) is 0 Å². The minimum atomic E-state index is -1.59. The Kier molecular flexibility index (Phi) is 12.9. The molecule has 0 spiro atoms. The number of carbonyl (C=O) groups excluding carboxylic acids is 3. The molecule has 0 aromatic rings. The van der Waals surface area contributed by atoms with Crippen LogP contribution in [0.5, 0.6) is 0 Å². The summed E-state index contributed by atoms with van der Waals surface area (Å²) in [7, 11) is 0. The summed E-state index contributed by atoms with van der Waals surface area (Å²) in [4.78, 5) is 58.2. The molecule has 11 N–H and O–H groups in total. The lowest BCUT2D eigenvalue weighted by Gasteiger charge is -2.24. The van der Waals surface area contributed by atoms with E-state index in [1.807, 2.05) is 0 Å². The van der Waals surface area contributed by atoms with Crippen LogP contribution in [0.4, 0.5) is 0 Å². The number of hydrogen-bond acceptors (Lipinski definition) is 9. The van der Waals surface area contributed by atoms with Crippen molar-refractivity contribution >= 4 is 29.7 Å². The predicted molar refractivity (Wildman–Crippen MR) is 101 cm³/mol. The van der Waals surface area contributed by atoms with E-state index in [2.05, 4.69) is 16.0 Å². The second kappa shape index (κ2) is 14.2. The quantitative estimate of drug-likeness (QED) is 0.111. The zero-order chi connectivity index (χ0) is 23.3. The van der Waals surface area contributed by atoms with Gasteiger partial charge in [0.1, 0.15) is 18.1 Å². The highest BCUT2D eigenvalue weighted by atomic mass is 16.4. The molecule has 14 heteroatoms. The first-order chi connectivity index (χ1) is 14.1. The smallest absolute Gasteiger partial charge is 0.328 e. The molecule has 0 aromatic carbocycles. The van der Waals surface area contributed by atoms with Crippen LogP contribution in [-0.2, 0) is 24.0 Å². The number of nitrogens with two attached hydrogens (primary N) is 2. The topological polar surface area (TPSA) is 254 Å². The Morgan fingerprint density at radius 1 is 0.767 bits per heavy atom. The fourth-order valence-corrected chi connectivity index (χ4v) is 2.25. The number of aliphatic carboxylic acids is 2. The molecule has 0 saturated heterocycles. The van der Waals surface area contributed by atoms with Gasteiger partial charge in [0.15, 0.2) is 0 Å². The fourth-order valence-electron chi connectivity index (χ4n) is 2.25. The number of unbranched alkanes of at least 4 members (excludes halogenated alkanes) is 1. The first-order valence-electron chi connectivity index (χ1n) is 9.10. The van der Waals surface area contributed by atoms with Crippen molar-refractivity contribution in [3.05, 3.63) is 0 Å². The Hall–Kier alpha value is -2.81. The highest BCUT2D eigenvalue weighted by Gasteiger charge is 2.30. The van der Waals surface area contributed by atoms with E-state index in [0.717, 1.165) is 0 Å². The Morgan fingerprint density at radius 2 is 1.27 bits per heavy atom. The average molecular weight is 435 g/mol. The van der Waals surface area contributed by atoms with Crippen molar-refractivity contribution in [3.63, 3.8) is 0 Å². The van der Waals surface area contributed by atoms with E-state index in [0.29, 0.717) is 19.4 Å². The van der Waals surface area contributed by atoms with E-state index < -0.39 is 73.5 Å². The summed E-state index contributed by atoms with van der Waals surface area (Å²) in [5, 5.41) is 42.4. The van der Waals surface area contributed by atoms with Gasteiger partial charge in [-0.1, -0.05) is 0 Å². The van der Waals surface area contributed by atoms with Crippen LogP contribution in [0.3, 0.4) is 0 Å². The number of nitrogens with one attached hydrogen (secondary N) is 3. The van der Waals surface area contributed by atoms with E-state index >= 15 is 0 Å². The molecule has 4 atom stereocenters. The molecule has 30 heavy (non-hydrogen) atoms. The first kappa shape index (κ1) is 27.2. The van der Waals surface area contributed by atoms with Gasteiger partial charge in [-0.25, -0.2) is 4.79 Å². The zero-order valence-corrected chi connectivity index (χ0v) is 16.2. The SMILES string of the molecule is NCCCCC(NC(=O)C(CO)NC(=O)C(N)CC(=O)O)C(=O)NC(CO)C(=O)O. The number of aliphatic hydroxyl groups is 2. The summed E-state index contributed by atoms with van der Waals surface area (Å²) in [6.45, 7) is -1.43. The van der Waals surface area contributed by atoms with Gasteiger partial charge in [-0.15, -0.1) is 0 Å². The third-order valence-electron chi connectivity index (χ3n) is 3.92. The number of amides is 3. The van der Waals surface area contributed by atoms with Crippen LogP contribution >= 0.6 is 0 Å². The highest BCUT2D eigenvalue weighted by Crippen LogP contribution is 2.03. The Balaban J connectivity index is 5.16. The fraction of sp³-hybridized carbons (Fsp3) is 0.688. The molecular weight excluding hydrogens is 406 g/mol. The van der Waals surface area contributed by atoms with E-state index in [1.54, 1.807) is 0 Å². The summed E-state index contributed by atoms with van der Waals surface area (Å²) in [6.07, 6.45) is 0.266. The lowest BCUT2D eigenvalue weighted by molar-refractivity contribution is -0.143. The van der Waals surface area contributed by atoms with Crippen LogP contribution in [0.2, 0.25) is 0 Å². The van der Waals surface area contributed by atoms with Crippen molar-refractivity contribution in [1.82, 2.24) is 16.0 Å². The van der Waals surface area contributed by atoms with Gasteiger partial charge in [0.2, 0.25) is 17.7 Å². The minimum absolute atomic E-state index is 0.0666. The van der Waals surface area contributed by atoms with Crippen molar-refractivity contribution < 1.29 is 44.4 Å². The molecule has 0 radical (unpaired) electrons. The van der Waals surface area contributed by atoms with Gasteiger partial charge in [-0.2, -0.15) is 0 Å². The van der Waals surface area contributed by atoms with Gasteiger partial charge in [0.05, 0.1) is 25.7 Å². The normalized spacial score (nSPS) is 14.7. The Morgan fingerprint density at radius 3 is 1.73 bits per heavy atom. The van der Waals surface area contributed by atoms with Gasteiger partial charge in [-0.3, -0.25) is 19.2 Å². The van der Waals surface area contributed by atoms with Crippen LogP contribution in [0.1, 0.15) is 25.7 Å². The molecule has 4 unspecified atom stereocenters. The molecule has 0 saturated carbocycles. The van der Waals surface area contributed by atoms with Crippen LogP contribution in [0.25, 0.3) is 0 Å². The molecule has 0 aliphatic carbocycles. The maximum Gasteiger partial charge on any atom is 0.328 e. The van der Waals surface area contributed by atoms with E-state index in [9.17, 15) is 29.1 Å². The number of hydrogen-bond donors (Lipinski definition) is 9. The second-order valence-electron chi connectivity index (χ2n) is 6.38. The number of aliphatic hydroxyl groups excluding tert-OH is 2. The third-order valence-corrected chi connectivity index (χ3v) is 3.92. The summed E-state index contributed by atoms with van der Waals surface area (Å²) < 4.78 is 0. The number of carboxylic acid groups (broad SMARTS) is 2. The number of carboxylic acids is 2. The Labute approximate surface area is 172 Å². The standard InChI is InChI=1S/C16H29N5O9/c17-4-2-1-3-9(14(27)21-11(7-23)16(29)30)19-15(28)10(6-22)20-13(26)8(18)5-12(24)25/h8-11,22-23H,1-7,17-18H2,(H,19,28)(H,20,26)(H,21,27)(H,24,25)(H,29,30). The molecule has 0 fully saturated rings. The van der Waals surface area contributed by atoms with Gasteiger partial charge in [-0.05, 0) is 25.8 Å². The summed E-state index contributed by atoms with van der Waals surface area (Å²) in [5.74, 6) is -5.69. The highest BCUT2D eigenvalue weighted by molar-refractivity contribution is 5.94. The molecule has 0 aliphatic rings. The van der Waals surface area contributed by atoms with E-state index in [4.69, 9.17) is 26.8 Å². The van der Waals surface area contributed by atoms with Crippen LogP contribution < -0.4 is 27.4 Å². The van der Waals surface area contributed by atoms with Crippen molar-refractivity contribution in [2.75, 3.05) is 19.8 Å². The lowest BCUT2D eigenvalue weighted by Crippen LogP contribution is -2.58. The summed E-state index contributed by atoms with van der Waals surface area (Å²) >= 11 is 0. The van der Waals surface area contributed by atoms with Gasteiger partial charge in [0, 0.05) is 0 Å². The number of rotatable bonds is 15. The lowest BCUT2D eigenvalue weighted by atomic mass is 10.1. The molecule has 0 aliphatic heterocycles. The van der Waals surface area contributed by atoms with E-state index in [-0.39, 0.29) is 6.42 Å². The van der Waals surface area contributed by atoms with Gasteiger partial charge >= 0.3 is 11.9 Å². The molecule has 3 amide bonds. The minimum Gasteiger partial charge on any atom is -0.481 e. The van der Waals surface area contributed by atoms with Gasteiger partial charge in [0.25, 0.3) is 0 Å². The summed E-state index contributed by atoms with van der Waals surface area (Å²) in [6, 6.07) is -5.82. The maximum absolute atomic E-state index is 12.4. The largest absolute Gasteiger partial charge is 0.481 e. The molecule has 0 heterocycles. The molecule has 14 nitrogen and oxygen atoms in total. The molecule has 172 valence electrons. The Bertz CT molecular complexity index is 616. The maximum atomic E-state index is 12.4. The van der Waals surface area contributed by atoms with Crippen molar-refractivity contribution in [1.29, 1.82) is 0 Å². The molecule has 0 bridgehead atoms. The summed E-state index contributed by atoms with van der Waals surface area (Å²) in [5.41, 5.74) is 10.8. The van der Waals surface area contributed by atoms with Crippen LogP contribution in [-0.4, -0.2) is 94.0 Å². The van der Waals surface area contributed by atoms with Crippen LogP contribution in [0, 0.1) is 0 Å². The number of carbonyl (C=O) groups is 5. The van der Waals surface area contributed by atoms with Crippen molar-refractivity contribution in [2.24, 2.45) is 11.5 Å². The molecule has 0 rings (SSSR count). The third kappa shape index (κ3) is 10.1. The monoisotopic (exact) mass is 435 g/mol. The second-order valence-corrected chi connectivity index (χ2v) is 6.38. The molecule has 0 aromatic heterocycles. The van der Waals surface area contributed by atoms with Crippen molar-refractivity contribution in [2.45, 2.75) is 49.9 Å². The average Bonchev–Trinajstić information content (AvgIpc) is 2.68. The van der Waals surface area contributed by atoms with Crippen LogP contribution in [0.15, 0.2) is 0 Å².